The summed E-state index contributed by atoms with van der Waals surface area (Å²) >= 11 is 0. The van der Waals surface area contributed by atoms with Crippen LogP contribution in [0.2, 0.25) is 0 Å². The molecular weight excluding hydrogens is 328 g/mol. The molecule has 2 aliphatic rings. The van der Waals surface area contributed by atoms with Crippen molar-refractivity contribution in [1.29, 1.82) is 0 Å². The van der Waals surface area contributed by atoms with Crippen molar-refractivity contribution >= 4 is 11.8 Å². The van der Waals surface area contributed by atoms with E-state index in [4.69, 9.17) is 0 Å². The monoisotopic (exact) mass is 340 g/mol. The summed E-state index contributed by atoms with van der Waals surface area (Å²) in [4.78, 5) is 31.6. The van der Waals surface area contributed by atoms with Crippen LogP contribution in [-0.2, 0) is 0 Å². The van der Waals surface area contributed by atoms with Crippen LogP contribution in [0, 0.1) is 0 Å². The summed E-state index contributed by atoms with van der Waals surface area (Å²) in [6, 6.07) is 15.0. The summed E-state index contributed by atoms with van der Waals surface area (Å²) in [5.74, 6) is 1.53. The summed E-state index contributed by atoms with van der Waals surface area (Å²) in [7, 11) is 0. The standard InChI is InChI=1S/2C10H6N2O/c2*13-10-8-4-2-1-3-7(8)9-11-5-6-12(9)10/h2*1-6H. The van der Waals surface area contributed by atoms with E-state index in [-0.39, 0.29) is 11.8 Å². The number of hydrogen-bond acceptors (Lipinski definition) is 4. The van der Waals surface area contributed by atoms with Gasteiger partial charge in [0, 0.05) is 35.9 Å². The van der Waals surface area contributed by atoms with Crippen LogP contribution in [0.3, 0.4) is 0 Å². The number of carbonyl (C=O) groups excluding carboxylic acids is 2. The maximum Gasteiger partial charge on any atom is 0.264 e. The number of imidazole rings is 2. The topological polar surface area (TPSA) is 69.8 Å². The Morgan fingerprint density at radius 1 is 0.577 bits per heavy atom. The van der Waals surface area contributed by atoms with E-state index in [9.17, 15) is 9.59 Å². The highest BCUT2D eigenvalue weighted by atomic mass is 16.2. The Kier molecular flexibility index (Phi) is 2.99. The van der Waals surface area contributed by atoms with Gasteiger partial charge in [0.1, 0.15) is 11.6 Å². The van der Waals surface area contributed by atoms with Gasteiger partial charge in [-0.1, -0.05) is 36.4 Å². The van der Waals surface area contributed by atoms with Crippen LogP contribution in [-0.4, -0.2) is 30.9 Å². The van der Waals surface area contributed by atoms with Crippen molar-refractivity contribution in [1.82, 2.24) is 19.1 Å². The van der Waals surface area contributed by atoms with Crippen molar-refractivity contribution in [2.24, 2.45) is 0 Å². The van der Waals surface area contributed by atoms with Gasteiger partial charge in [-0.05, 0) is 12.1 Å². The van der Waals surface area contributed by atoms with Gasteiger partial charge < -0.3 is 0 Å². The molecular formula is C20H12N4O2. The highest BCUT2D eigenvalue weighted by molar-refractivity contribution is 6.08. The summed E-state index contributed by atoms with van der Waals surface area (Å²) in [5, 5.41) is 0. The molecule has 6 rings (SSSR count). The first kappa shape index (κ1) is 14.5. The molecule has 4 aromatic rings. The zero-order valence-electron chi connectivity index (χ0n) is 13.5. The average molecular weight is 340 g/mol. The summed E-state index contributed by atoms with van der Waals surface area (Å²) in [6.45, 7) is 0. The average Bonchev–Trinajstić information content (AvgIpc) is 3.43. The molecule has 6 heteroatoms. The summed E-state index contributed by atoms with van der Waals surface area (Å²) in [6.07, 6.45) is 6.67. The normalized spacial score (nSPS) is 12.8. The van der Waals surface area contributed by atoms with Crippen molar-refractivity contribution in [2.45, 2.75) is 0 Å². The summed E-state index contributed by atoms with van der Waals surface area (Å²) < 4.78 is 3.15. The van der Waals surface area contributed by atoms with E-state index in [1.54, 1.807) is 33.9 Å². The van der Waals surface area contributed by atoms with Gasteiger partial charge in [0.25, 0.3) is 11.8 Å². The fourth-order valence-electron chi connectivity index (χ4n) is 3.32. The second kappa shape index (κ2) is 5.35. The zero-order valence-corrected chi connectivity index (χ0v) is 13.5. The number of nitrogens with zero attached hydrogens (tertiary/aromatic N) is 4. The third-order valence-corrected chi connectivity index (χ3v) is 4.52. The first-order valence-corrected chi connectivity index (χ1v) is 8.10. The van der Waals surface area contributed by atoms with Crippen LogP contribution < -0.4 is 0 Å². The molecule has 4 heterocycles. The molecule has 0 bridgehead atoms. The Hall–Kier alpha value is -3.80. The Labute approximate surface area is 148 Å². The van der Waals surface area contributed by atoms with E-state index in [1.165, 1.54) is 0 Å². The van der Waals surface area contributed by atoms with Crippen molar-refractivity contribution in [3.05, 3.63) is 84.4 Å². The Morgan fingerprint density at radius 3 is 1.38 bits per heavy atom. The molecule has 0 N–H and O–H groups in total. The third kappa shape index (κ3) is 1.92. The van der Waals surface area contributed by atoms with Crippen molar-refractivity contribution in [3.63, 3.8) is 0 Å². The van der Waals surface area contributed by atoms with Crippen LogP contribution in [0.25, 0.3) is 22.8 Å². The molecule has 26 heavy (non-hydrogen) atoms. The number of benzene rings is 2. The highest BCUT2D eigenvalue weighted by Gasteiger charge is 2.26. The minimum atomic E-state index is 0.0168. The predicted octanol–water partition coefficient (Wildman–Crippen LogP) is 3.10. The molecule has 0 saturated heterocycles. The van der Waals surface area contributed by atoms with Gasteiger partial charge in [0.05, 0.1) is 11.1 Å². The second-order valence-corrected chi connectivity index (χ2v) is 5.94. The van der Waals surface area contributed by atoms with E-state index in [2.05, 4.69) is 9.97 Å². The third-order valence-electron chi connectivity index (χ3n) is 4.52. The van der Waals surface area contributed by atoms with Crippen LogP contribution in [0.15, 0.2) is 73.3 Å². The van der Waals surface area contributed by atoms with Crippen molar-refractivity contribution < 1.29 is 9.59 Å². The lowest BCUT2D eigenvalue weighted by Crippen LogP contribution is -2.03. The molecule has 2 aromatic carbocycles. The fraction of sp³-hybridized carbons (Fsp3) is 0. The smallest absolute Gasteiger partial charge is 0.264 e. The molecule has 6 nitrogen and oxygen atoms in total. The molecule has 124 valence electrons. The second-order valence-electron chi connectivity index (χ2n) is 5.94. The molecule has 2 aliphatic heterocycles. The number of hydrogen-bond donors (Lipinski definition) is 0. The largest absolute Gasteiger partial charge is 0.268 e. The zero-order chi connectivity index (χ0) is 17.7. The van der Waals surface area contributed by atoms with Gasteiger partial charge in [-0.2, -0.15) is 0 Å². The number of aromatic nitrogens is 4. The van der Waals surface area contributed by atoms with Gasteiger partial charge in [0.2, 0.25) is 0 Å². The molecule has 0 spiro atoms. The van der Waals surface area contributed by atoms with Crippen LogP contribution >= 0.6 is 0 Å². The van der Waals surface area contributed by atoms with Crippen molar-refractivity contribution in [2.75, 3.05) is 0 Å². The number of rotatable bonds is 0. The number of carbonyl (C=O) groups is 2. The van der Waals surface area contributed by atoms with Crippen molar-refractivity contribution in [3.8, 4) is 22.8 Å². The lowest BCUT2D eigenvalue weighted by Gasteiger charge is -1.92. The Bertz CT molecular complexity index is 1090. The first-order chi connectivity index (χ1) is 12.8. The summed E-state index contributed by atoms with van der Waals surface area (Å²) in [5.41, 5.74) is 3.34. The lowest BCUT2D eigenvalue weighted by molar-refractivity contribution is 0.0961. The molecule has 0 unspecified atom stereocenters. The lowest BCUT2D eigenvalue weighted by atomic mass is 10.1. The van der Waals surface area contributed by atoms with Gasteiger partial charge >= 0.3 is 0 Å². The molecule has 2 aromatic heterocycles. The van der Waals surface area contributed by atoms with Gasteiger partial charge in [-0.3, -0.25) is 18.7 Å². The molecule has 0 saturated carbocycles. The van der Waals surface area contributed by atoms with E-state index < -0.39 is 0 Å². The SMILES string of the molecule is O=C1c2ccccc2-c2nccn21.O=C1c2ccccc2-c2nccn21. The molecule has 0 fully saturated rings. The fourth-order valence-corrected chi connectivity index (χ4v) is 3.32. The van der Waals surface area contributed by atoms with Gasteiger partial charge in [-0.15, -0.1) is 0 Å². The predicted molar refractivity (Wildman–Crippen MR) is 94.8 cm³/mol. The quantitative estimate of drug-likeness (QED) is 0.426. The van der Waals surface area contributed by atoms with Gasteiger partial charge in [0.15, 0.2) is 0 Å². The number of fused-ring (bicyclic) bond motifs is 6. The minimum Gasteiger partial charge on any atom is -0.268 e. The molecule has 0 radical (unpaired) electrons. The highest BCUT2D eigenvalue weighted by Crippen LogP contribution is 2.30. The van der Waals surface area contributed by atoms with Crippen LogP contribution in [0.1, 0.15) is 20.7 Å². The van der Waals surface area contributed by atoms with Crippen LogP contribution in [0.4, 0.5) is 0 Å². The van der Waals surface area contributed by atoms with E-state index >= 15 is 0 Å². The molecule has 0 aliphatic carbocycles. The first-order valence-electron chi connectivity index (χ1n) is 8.10. The minimum absolute atomic E-state index is 0.0168. The van der Waals surface area contributed by atoms with E-state index in [0.29, 0.717) is 0 Å². The molecule has 0 atom stereocenters. The Balaban J connectivity index is 0.000000115. The van der Waals surface area contributed by atoms with Gasteiger partial charge in [-0.25, -0.2) is 9.97 Å². The van der Waals surface area contributed by atoms with E-state index in [1.807, 2.05) is 48.5 Å². The Morgan fingerprint density at radius 2 is 0.962 bits per heavy atom. The molecule has 0 amide bonds. The maximum atomic E-state index is 11.7. The van der Waals surface area contributed by atoms with Crippen LogP contribution in [0.5, 0.6) is 0 Å². The van der Waals surface area contributed by atoms with E-state index in [0.717, 1.165) is 33.9 Å². The maximum absolute atomic E-state index is 11.7.